The van der Waals surface area contributed by atoms with Crippen LogP contribution >= 0.6 is 19.2 Å². The maximum atomic E-state index is 12.1. The monoisotopic (exact) mass is 551 g/mol. The fourth-order valence-corrected chi connectivity index (χ4v) is 5.76. The highest BCUT2D eigenvalue weighted by Gasteiger charge is 2.51. The van der Waals surface area contributed by atoms with Crippen molar-refractivity contribution in [3.63, 3.8) is 0 Å². The third kappa shape index (κ3) is 5.39. The van der Waals surface area contributed by atoms with E-state index in [-0.39, 0.29) is 17.0 Å². The van der Waals surface area contributed by atoms with Crippen molar-refractivity contribution in [2.45, 2.75) is 68.0 Å². The summed E-state index contributed by atoms with van der Waals surface area (Å²) < 4.78 is 29.7. The summed E-state index contributed by atoms with van der Waals surface area (Å²) in [5, 5.41) is 36.7. The zero-order chi connectivity index (χ0) is 26.1. The Kier molecular flexibility index (Phi) is 8.52. The highest BCUT2D eigenvalue weighted by Crippen LogP contribution is 2.53. The second-order valence-corrected chi connectivity index (χ2v) is 11.3. The fraction of sp³-hybridized carbons (Fsp3) is 0.750. The van der Waals surface area contributed by atoms with E-state index in [1.54, 1.807) is 0 Å². The van der Waals surface area contributed by atoms with Gasteiger partial charge in [0, 0.05) is 26.2 Å². The predicted molar refractivity (Wildman–Crippen MR) is 126 cm³/mol. The minimum atomic E-state index is -4.91. The maximum absolute atomic E-state index is 12.1. The first kappa shape index (κ1) is 27.6. The van der Waals surface area contributed by atoms with Gasteiger partial charge in [-0.25, -0.2) is 4.68 Å². The number of fused-ring (bicyclic) bond motifs is 1. The number of rotatable bonds is 11. The van der Waals surface area contributed by atoms with Crippen LogP contribution in [0, 0.1) is 0 Å². The average Bonchev–Trinajstić information content (AvgIpc) is 3.53. The Bertz CT molecular complexity index is 1090. The zero-order valence-electron chi connectivity index (χ0n) is 19.6. The van der Waals surface area contributed by atoms with Crippen LogP contribution in [0.5, 0.6) is 0 Å². The fourth-order valence-electron chi connectivity index (χ4n) is 4.67. The molecule has 3 heterocycles. The second kappa shape index (κ2) is 11.1. The van der Waals surface area contributed by atoms with Crippen molar-refractivity contribution >= 4 is 36.0 Å². The van der Waals surface area contributed by atoms with Crippen LogP contribution in [0.3, 0.4) is 0 Å². The summed E-state index contributed by atoms with van der Waals surface area (Å²) in [4.78, 5) is 28.2. The SMILES string of the molecule is COCC(CCO)(OC[C@H]1O[C@@H](n2ncc3c(NC4CCCC4)nc(Cl)nc32)[C@H](O)[C@@H]1O)P(=O)(O)O. The molecule has 0 amide bonds. The van der Waals surface area contributed by atoms with Gasteiger partial charge in [0.25, 0.3) is 0 Å². The number of aliphatic hydroxyl groups is 3. The minimum absolute atomic E-state index is 0.0346. The number of nitrogens with zero attached hydrogens (tertiary/aromatic N) is 4. The van der Waals surface area contributed by atoms with E-state index >= 15 is 0 Å². The molecule has 0 spiro atoms. The summed E-state index contributed by atoms with van der Waals surface area (Å²) >= 11 is 6.16. The molecular weight excluding hydrogens is 521 g/mol. The zero-order valence-corrected chi connectivity index (χ0v) is 21.3. The molecule has 2 aromatic heterocycles. The molecule has 0 radical (unpaired) electrons. The Balaban J connectivity index is 1.56. The van der Waals surface area contributed by atoms with Gasteiger partial charge in [-0.3, -0.25) is 4.57 Å². The lowest BCUT2D eigenvalue weighted by atomic mass is 10.1. The van der Waals surface area contributed by atoms with Gasteiger partial charge in [-0.2, -0.15) is 15.1 Å². The normalized spacial score (nSPS) is 27.1. The molecule has 36 heavy (non-hydrogen) atoms. The van der Waals surface area contributed by atoms with E-state index in [0.29, 0.717) is 11.2 Å². The van der Waals surface area contributed by atoms with Crippen LogP contribution in [0.25, 0.3) is 11.0 Å². The molecule has 1 aliphatic heterocycles. The lowest BCUT2D eigenvalue weighted by Gasteiger charge is -2.34. The Morgan fingerprint density at radius 3 is 2.64 bits per heavy atom. The highest BCUT2D eigenvalue weighted by atomic mass is 35.5. The first-order chi connectivity index (χ1) is 17.1. The van der Waals surface area contributed by atoms with Crippen molar-refractivity contribution in [2.75, 3.05) is 32.2 Å². The molecule has 5 atom stereocenters. The van der Waals surface area contributed by atoms with Crippen LogP contribution in [-0.2, 0) is 18.8 Å². The van der Waals surface area contributed by atoms with Gasteiger partial charge in [0.05, 0.1) is 24.8 Å². The van der Waals surface area contributed by atoms with E-state index in [1.165, 1.54) is 18.0 Å². The van der Waals surface area contributed by atoms with Crippen LogP contribution in [0.1, 0.15) is 38.3 Å². The molecule has 1 saturated carbocycles. The second-order valence-electron chi connectivity index (χ2n) is 9.05. The van der Waals surface area contributed by atoms with E-state index in [2.05, 4.69) is 20.4 Å². The number of aliphatic hydroxyl groups excluding tert-OH is 3. The third-order valence-electron chi connectivity index (χ3n) is 6.62. The summed E-state index contributed by atoms with van der Waals surface area (Å²) in [6.45, 7) is -1.60. The van der Waals surface area contributed by atoms with Crippen molar-refractivity contribution in [3.05, 3.63) is 11.5 Å². The Morgan fingerprint density at radius 1 is 1.28 bits per heavy atom. The number of aromatic nitrogens is 4. The van der Waals surface area contributed by atoms with E-state index < -0.39 is 63.7 Å². The number of methoxy groups -OCH3 is 1. The molecule has 202 valence electrons. The number of hydrogen-bond donors (Lipinski definition) is 6. The molecule has 4 rings (SSSR count). The molecule has 0 bridgehead atoms. The van der Waals surface area contributed by atoms with Gasteiger partial charge in [0.2, 0.25) is 5.28 Å². The molecule has 1 saturated heterocycles. The Labute approximate surface area is 211 Å². The largest absolute Gasteiger partial charge is 0.396 e. The molecule has 0 aromatic carbocycles. The first-order valence-corrected chi connectivity index (χ1v) is 13.6. The van der Waals surface area contributed by atoms with Crippen molar-refractivity contribution < 1.29 is 43.9 Å². The quantitative estimate of drug-likeness (QED) is 0.165. The molecular formula is C20H31ClN5O9P. The summed E-state index contributed by atoms with van der Waals surface area (Å²) in [6.07, 6.45) is 0.0168. The van der Waals surface area contributed by atoms with Crippen molar-refractivity contribution in [1.29, 1.82) is 0 Å². The Hall–Kier alpha value is -1.45. The minimum Gasteiger partial charge on any atom is -0.396 e. The highest BCUT2D eigenvalue weighted by molar-refractivity contribution is 7.53. The van der Waals surface area contributed by atoms with Crippen molar-refractivity contribution in [3.8, 4) is 0 Å². The van der Waals surface area contributed by atoms with E-state index in [4.69, 9.17) is 25.8 Å². The molecule has 16 heteroatoms. The maximum Gasteiger partial charge on any atom is 0.359 e. The predicted octanol–water partition coefficient (Wildman–Crippen LogP) is 0.373. The van der Waals surface area contributed by atoms with Crippen LogP contribution < -0.4 is 5.32 Å². The van der Waals surface area contributed by atoms with Crippen molar-refractivity contribution in [2.24, 2.45) is 0 Å². The van der Waals surface area contributed by atoms with Crippen LogP contribution in [0.4, 0.5) is 5.82 Å². The molecule has 6 N–H and O–H groups in total. The van der Waals surface area contributed by atoms with Gasteiger partial charge < -0.3 is 44.6 Å². The third-order valence-corrected chi connectivity index (χ3v) is 8.33. The van der Waals surface area contributed by atoms with Crippen LogP contribution in [0.15, 0.2) is 6.20 Å². The lowest BCUT2D eigenvalue weighted by molar-refractivity contribution is -0.118. The molecule has 2 fully saturated rings. The van der Waals surface area contributed by atoms with E-state index in [9.17, 15) is 29.7 Å². The summed E-state index contributed by atoms with van der Waals surface area (Å²) in [6, 6.07) is 0.250. The number of anilines is 1. The molecule has 1 unspecified atom stereocenters. The summed E-state index contributed by atoms with van der Waals surface area (Å²) in [7, 11) is -3.68. The van der Waals surface area contributed by atoms with Gasteiger partial charge >= 0.3 is 7.60 Å². The van der Waals surface area contributed by atoms with Crippen LogP contribution in [-0.4, -0.2) is 101 Å². The van der Waals surface area contributed by atoms with Crippen molar-refractivity contribution in [1.82, 2.24) is 19.7 Å². The van der Waals surface area contributed by atoms with E-state index in [0.717, 1.165) is 25.7 Å². The standard InChI is InChI=1S/C20H31ClN5O9P/c1-33-10-20(6-7-27,36(30,31)32)34-9-13-14(28)15(29)18(35-13)26-17-12(8-22-26)16(24-19(21)25-17)23-11-4-2-3-5-11/h8,11,13-15,18,27-29H,2-7,9-10H2,1H3,(H,23,24,25)(H2,30,31,32)/t13-,14-,15-,18-,20?/m1/s1. The first-order valence-electron chi connectivity index (χ1n) is 11.6. The molecule has 14 nitrogen and oxygen atoms in total. The van der Waals surface area contributed by atoms with Gasteiger partial charge in [-0.05, 0) is 24.4 Å². The topological polar surface area (TPSA) is 202 Å². The number of ether oxygens (including phenoxy) is 3. The van der Waals surface area contributed by atoms with E-state index in [1.807, 2.05) is 0 Å². The Morgan fingerprint density at radius 2 is 2.00 bits per heavy atom. The number of nitrogens with one attached hydrogen (secondary N) is 1. The molecule has 1 aliphatic carbocycles. The molecule has 2 aliphatic rings. The van der Waals surface area contributed by atoms with Crippen LogP contribution in [0.2, 0.25) is 5.28 Å². The van der Waals surface area contributed by atoms with Gasteiger partial charge in [0.1, 0.15) is 24.1 Å². The molecule has 2 aromatic rings. The van der Waals surface area contributed by atoms with Gasteiger partial charge in [-0.15, -0.1) is 0 Å². The number of halogens is 1. The van der Waals surface area contributed by atoms with Gasteiger partial charge in [-0.1, -0.05) is 12.8 Å². The average molecular weight is 552 g/mol. The number of hydrogen-bond acceptors (Lipinski definition) is 11. The summed E-state index contributed by atoms with van der Waals surface area (Å²) in [5.41, 5.74) is 0.276. The van der Waals surface area contributed by atoms with Gasteiger partial charge in [0.15, 0.2) is 17.2 Å². The lowest BCUT2D eigenvalue weighted by Crippen LogP contribution is -2.43. The smallest absolute Gasteiger partial charge is 0.359 e. The summed E-state index contributed by atoms with van der Waals surface area (Å²) in [5.74, 6) is 0.506.